The van der Waals surface area contributed by atoms with Crippen molar-refractivity contribution < 1.29 is 14.6 Å². The van der Waals surface area contributed by atoms with Crippen molar-refractivity contribution in [2.75, 3.05) is 7.11 Å². The Balaban J connectivity index is 2.44. The molecule has 0 radical (unpaired) electrons. The first-order valence-electron chi connectivity index (χ1n) is 6.48. The average molecular weight is 275 g/mol. The molecule has 0 saturated heterocycles. The van der Waals surface area contributed by atoms with Gasteiger partial charge >= 0.3 is 5.97 Å². The zero-order chi connectivity index (χ0) is 14.5. The molecule has 1 aromatic heterocycles. The van der Waals surface area contributed by atoms with Crippen LogP contribution in [-0.4, -0.2) is 33.2 Å². The fourth-order valence-corrected chi connectivity index (χ4v) is 1.96. The summed E-state index contributed by atoms with van der Waals surface area (Å²) < 4.78 is 6.75. The van der Waals surface area contributed by atoms with Gasteiger partial charge in [-0.25, -0.2) is 9.48 Å². The summed E-state index contributed by atoms with van der Waals surface area (Å²) in [6, 6.07) is 7.20. The van der Waals surface area contributed by atoms with Gasteiger partial charge in [0, 0.05) is 12.1 Å². The standard InChI is InChI=1S/C14H17N3O3/c1-3-4-9-17-13(12(14(18)19)15-16-17)10-5-7-11(20-2)8-6-10/h5-8H,3-4,9H2,1-2H3,(H,18,19). The summed E-state index contributed by atoms with van der Waals surface area (Å²) in [6.45, 7) is 2.72. The molecule has 0 aliphatic carbocycles. The van der Waals surface area contributed by atoms with Crippen LogP contribution in [0.4, 0.5) is 0 Å². The molecule has 20 heavy (non-hydrogen) atoms. The number of nitrogens with zero attached hydrogens (tertiary/aromatic N) is 3. The highest BCUT2D eigenvalue weighted by atomic mass is 16.5. The zero-order valence-corrected chi connectivity index (χ0v) is 11.5. The number of aryl methyl sites for hydroxylation is 1. The van der Waals surface area contributed by atoms with Gasteiger partial charge in [0.2, 0.25) is 0 Å². The Hall–Kier alpha value is -2.37. The Bertz CT molecular complexity index is 590. The van der Waals surface area contributed by atoms with Crippen LogP contribution in [0.25, 0.3) is 11.3 Å². The van der Waals surface area contributed by atoms with Crippen LogP contribution in [-0.2, 0) is 6.54 Å². The number of aromatic carboxylic acids is 1. The van der Waals surface area contributed by atoms with E-state index in [-0.39, 0.29) is 5.69 Å². The average Bonchev–Trinajstić information content (AvgIpc) is 2.89. The van der Waals surface area contributed by atoms with E-state index in [1.165, 1.54) is 0 Å². The highest BCUT2D eigenvalue weighted by Gasteiger charge is 2.20. The molecule has 0 bridgehead atoms. The van der Waals surface area contributed by atoms with Crippen molar-refractivity contribution in [2.45, 2.75) is 26.3 Å². The lowest BCUT2D eigenvalue weighted by molar-refractivity contribution is 0.0691. The first-order chi connectivity index (χ1) is 9.67. The van der Waals surface area contributed by atoms with Gasteiger partial charge in [0.1, 0.15) is 11.4 Å². The minimum absolute atomic E-state index is 0.0220. The Labute approximate surface area is 117 Å². The van der Waals surface area contributed by atoms with Crippen LogP contribution in [0.1, 0.15) is 30.3 Å². The van der Waals surface area contributed by atoms with Crippen molar-refractivity contribution in [1.29, 1.82) is 0 Å². The maximum Gasteiger partial charge on any atom is 0.358 e. The van der Waals surface area contributed by atoms with Crippen LogP contribution >= 0.6 is 0 Å². The van der Waals surface area contributed by atoms with Gasteiger partial charge in [-0.2, -0.15) is 0 Å². The SMILES string of the molecule is CCCCn1nnc(C(=O)O)c1-c1ccc(OC)cc1. The fraction of sp³-hybridized carbons (Fsp3) is 0.357. The molecular formula is C14H17N3O3. The van der Waals surface area contributed by atoms with Crippen molar-refractivity contribution >= 4 is 5.97 Å². The molecule has 1 N–H and O–H groups in total. The Morgan fingerprint density at radius 1 is 1.35 bits per heavy atom. The van der Waals surface area contributed by atoms with Crippen LogP contribution in [0, 0.1) is 0 Å². The van der Waals surface area contributed by atoms with Crippen LogP contribution in [0.3, 0.4) is 0 Å². The van der Waals surface area contributed by atoms with Gasteiger partial charge < -0.3 is 9.84 Å². The van der Waals surface area contributed by atoms with Crippen LogP contribution < -0.4 is 4.74 Å². The van der Waals surface area contributed by atoms with Crippen LogP contribution in [0.15, 0.2) is 24.3 Å². The minimum atomic E-state index is -1.07. The molecule has 0 atom stereocenters. The maximum absolute atomic E-state index is 11.3. The molecule has 0 saturated carbocycles. The van der Waals surface area contributed by atoms with E-state index in [4.69, 9.17) is 4.74 Å². The van der Waals surface area contributed by atoms with Gasteiger partial charge in [-0.3, -0.25) is 0 Å². The van der Waals surface area contributed by atoms with E-state index in [1.807, 2.05) is 12.1 Å². The predicted molar refractivity (Wildman–Crippen MR) is 73.9 cm³/mol. The molecule has 6 nitrogen and oxygen atoms in total. The number of hydrogen-bond acceptors (Lipinski definition) is 4. The lowest BCUT2D eigenvalue weighted by atomic mass is 10.1. The number of ether oxygens (including phenoxy) is 1. The molecule has 0 spiro atoms. The van der Waals surface area contributed by atoms with Crippen molar-refractivity contribution in [3.05, 3.63) is 30.0 Å². The monoisotopic (exact) mass is 275 g/mol. The smallest absolute Gasteiger partial charge is 0.358 e. The molecule has 106 valence electrons. The molecule has 0 fully saturated rings. The second kappa shape index (κ2) is 6.18. The molecule has 2 rings (SSSR count). The minimum Gasteiger partial charge on any atom is -0.497 e. The van der Waals surface area contributed by atoms with E-state index in [9.17, 15) is 9.90 Å². The normalized spacial score (nSPS) is 10.5. The molecule has 0 aliphatic heterocycles. The second-order valence-corrected chi connectivity index (χ2v) is 4.40. The Kier molecular flexibility index (Phi) is 4.34. The first-order valence-corrected chi connectivity index (χ1v) is 6.48. The van der Waals surface area contributed by atoms with Gasteiger partial charge in [-0.15, -0.1) is 5.10 Å². The summed E-state index contributed by atoms with van der Waals surface area (Å²) in [5.41, 5.74) is 1.28. The number of carboxylic acid groups (broad SMARTS) is 1. The highest BCUT2D eigenvalue weighted by molar-refractivity contribution is 5.92. The molecule has 0 unspecified atom stereocenters. The van der Waals surface area contributed by atoms with Crippen LogP contribution in [0.5, 0.6) is 5.75 Å². The quantitative estimate of drug-likeness (QED) is 0.876. The predicted octanol–water partition coefficient (Wildman–Crippen LogP) is 2.45. The molecular weight excluding hydrogens is 258 g/mol. The number of rotatable bonds is 6. The second-order valence-electron chi connectivity index (χ2n) is 4.40. The number of methoxy groups -OCH3 is 1. The van der Waals surface area contributed by atoms with Gasteiger partial charge in [0.15, 0.2) is 5.69 Å². The third-order valence-electron chi connectivity index (χ3n) is 3.02. The lowest BCUT2D eigenvalue weighted by Gasteiger charge is -2.07. The van der Waals surface area contributed by atoms with Crippen LogP contribution in [0.2, 0.25) is 0 Å². The van der Waals surface area contributed by atoms with E-state index in [2.05, 4.69) is 17.2 Å². The highest BCUT2D eigenvalue weighted by Crippen LogP contribution is 2.25. The van der Waals surface area contributed by atoms with Gasteiger partial charge in [0.05, 0.1) is 7.11 Å². The summed E-state index contributed by atoms with van der Waals surface area (Å²) in [7, 11) is 1.59. The van der Waals surface area contributed by atoms with E-state index in [0.717, 1.165) is 24.2 Å². The van der Waals surface area contributed by atoms with E-state index in [0.29, 0.717) is 12.2 Å². The molecule has 0 aliphatic rings. The van der Waals surface area contributed by atoms with Crippen molar-refractivity contribution in [1.82, 2.24) is 15.0 Å². The number of unbranched alkanes of at least 4 members (excludes halogenated alkanes) is 1. The van der Waals surface area contributed by atoms with Crippen molar-refractivity contribution in [2.24, 2.45) is 0 Å². The molecule has 6 heteroatoms. The number of carbonyl (C=O) groups is 1. The molecule has 2 aromatic rings. The Morgan fingerprint density at radius 3 is 2.60 bits per heavy atom. The first kappa shape index (κ1) is 14.0. The largest absolute Gasteiger partial charge is 0.497 e. The zero-order valence-electron chi connectivity index (χ0n) is 11.5. The number of hydrogen-bond donors (Lipinski definition) is 1. The van der Waals surface area contributed by atoms with E-state index in [1.54, 1.807) is 23.9 Å². The van der Waals surface area contributed by atoms with Gasteiger partial charge in [0.25, 0.3) is 0 Å². The van der Waals surface area contributed by atoms with Crippen molar-refractivity contribution in [3.63, 3.8) is 0 Å². The number of aromatic nitrogens is 3. The Morgan fingerprint density at radius 2 is 2.05 bits per heavy atom. The van der Waals surface area contributed by atoms with Crippen molar-refractivity contribution in [3.8, 4) is 17.0 Å². The fourth-order valence-electron chi connectivity index (χ4n) is 1.96. The number of carboxylic acids is 1. The third-order valence-corrected chi connectivity index (χ3v) is 3.02. The van der Waals surface area contributed by atoms with E-state index >= 15 is 0 Å². The summed E-state index contributed by atoms with van der Waals surface area (Å²) in [4.78, 5) is 11.3. The molecule has 1 aromatic carbocycles. The van der Waals surface area contributed by atoms with E-state index < -0.39 is 5.97 Å². The summed E-state index contributed by atoms with van der Waals surface area (Å²) >= 11 is 0. The summed E-state index contributed by atoms with van der Waals surface area (Å²) in [5.74, 6) is -0.350. The van der Waals surface area contributed by atoms with Gasteiger partial charge in [-0.05, 0) is 30.7 Å². The third kappa shape index (κ3) is 2.79. The summed E-state index contributed by atoms with van der Waals surface area (Å²) in [6.07, 6.45) is 1.93. The molecule has 1 heterocycles. The maximum atomic E-state index is 11.3. The number of benzene rings is 1. The summed E-state index contributed by atoms with van der Waals surface area (Å²) in [5, 5.41) is 16.9. The lowest BCUT2D eigenvalue weighted by Crippen LogP contribution is -2.05. The van der Waals surface area contributed by atoms with Gasteiger partial charge in [-0.1, -0.05) is 18.6 Å². The topological polar surface area (TPSA) is 77.2 Å². The molecule has 0 amide bonds.